The minimum absolute atomic E-state index is 0. The van der Waals surface area contributed by atoms with Crippen LogP contribution in [0.4, 0.5) is 14.6 Å². The summed E-state index contributed by atoms with van der Waals surface area (Å²) in [6, 6.07) is 1.49. The quantitative estimate of drug-likeness (QED) is 0.371. The number of H-pyrrole nitrogens is 1. The van der Waals surface area contributed by atoms with Gasteiger partial charge in [0.25, 0.3) is 11.6 Å². The van der Waals surface area contributed by atoms with Crippen LogP contribution in [0.25, 0.3) is 4.85 Å². The molecule has 0 saturated carbocycles. The van der Waals surface area contributed by atoms with Crippen LogP contribution in [-0.4, -0.2) is 9.97 Å². The van der Waals surface area contributed by atoms with E-state index in [4.69, 9.17) is 11.8 Å². The van der Waals surface area contributed by atoms with Crippen LogP contribution < -0.4 is 18.9 Å². The first-order valence-corrected chi connectivity index (χ1v) is 3.31. The minimum atomic E-state index is -3.69. The molecule has 1 heterocycles. The van der Waals surface area contributed by atoms with Crippen molar-refractivity contribution in [3.63, 3.8) is 0 Å². The number of rotatable bonds is 1. The van der Waals surface area contributed by atoms with Gasteiger partial charge in [0.15, 0.2) is 5.69 Å². The van der Waals surface area contributed by atoms with Gasteiger partial charge in [-0.3, -0.25) is 4.98 Å². The fourth-order valence-electron chi connectivity index (χ4n) is 0.657. The third-order valence-corrected chi connectivity index (χ3v) is 1.35. The molecular formula is C6HClF2LiN4+. The van der Waals surface area contributed by atoms with Crippen LogP contribution in [0.3, 0.4) is 0 Å². The largest absolute Gasteiger partial charge is 1.00 e. The van der Waals surface area contributed by atoms with Gasteiger partial charge in [0, 0.05) is 0 Å². The first-order valence-electron chi connectivity index (χ1n) is 2.93. The average Bonchev–Trinajstić information content (AvgIpc) is 2.45. The first-order chi connectivity index (χ1) is 5.99. The molecule has 1 aromatic rings. The number of nitriles is 1. The van der Waals surface area contributed by atoms with Crippen molar-refractivity contribution in [2.45, 2.75) is 5.38 Å². The van der Waals surface area contributed by atoms with Crippen molar-refractivity contribution in [3.8, 4) is 6.07 Å². The summed E-state index contributed by atoms with van der Waals surface area (Å²) in [6.07, 6.45) is 0. The first kappa shape index (κ1) is 12.9. The van der Waals surface area contributed by atoms with Crippen LogP contribution in [0.2, 0.25) is 0 Å². The van der Waals surface area contributed by atoms with Gasteiger partial charge in [0.2, 0.25) is 0 Å². The van der Waals surface area contributed by atoms with Crippen molar-refractivity contribution in [1.82, 2.24) is 9.97 Å². The molecular weight excluding hydrogens is 208 g/mol. The van der Waals surface area contributed by atoms with Crippen LogP contribution in [0, 0.1) is 17.9 Å². The number of nitrogens with one attached hydrogen (secondary N) is 1. The van der Waals surface area contributed by atoms with Crippen LogP contribution in [0.1, 0.15) is 11.5 Å². The van der Waals surface area contributed by atoms with Crippen molar-refractivity contribution in [1.29, 1.82) is 5.26 Å². The summed E-state index contributed by atoms with van der Waals surface area (Å²) >= 11 is 4.62. The summed E-state index contributed by atoms with van der Waals surface area (Å²) in [5.41, 5.74) is -0.384. The molecule has 0 spiro atoms. The Morgan fingerprint density at radius 3 is 2.50 bits per heavy atom. The Kier molecular flexibility index (Phi) is 4.10. The zero-order chi connectivity index (χ0) is 10.1. The molecule has 0 bridgehead atoms. The molecule has 0 radical (unpaired) electrons. The monoisotopic (exact) mass is 209 g/mol. The number of imidazole rings is 1. The van der Waals surface area contributed by atoms with E-state index in [0.717, 1.165) is 0 Å². The molecule has 0 unspecified atom stereocenters. The standard InChI is InChI=1S/C6HClF2N4.Li/c1-11-4-3(2-10)12-5(13-4)6(7,8)9;/h(H,12,13);/q;+1. The average molecular weight is 209 g/mol. The van der Waals surface area contributed by atoms with E-state index in [2.05, 4.69) is 21.4 Å². The number of halogens is 3. The second kappa shape index (κ2) is 4.44. The Labute approximate surface area is 94.9 Å². The number of hydrogen-bond acceptors (Lipinski definition) is 2. The Balaban J connectivity index is 0.00000169. The van der Waals surface area contributed by atoms with E-state index in [1.807, 2.05) is 4.98 Å². The Morgan fingerprint density at radius 1 is 1.64 bits per heavy atom. The van der Waals surface area contributed by atoms with E-state index in [1.165, 1.54) is 6.07 Å². The zero-order valence-corrected chi connectivity index (χ0v) is 7.73. The van der Waals surface area contributed by atoms with Gasteiger partial charge in [-0.1, -0.05) is 6.57 Å². The van der Waals surface area contributed by atoms with E-state index in [-0.39, 0.29) is 30.4 Å². The van der Waals surface area contributed by atoms with Gasteiger partial charge in [-0.25, -0.2) is 4.98 Å². The van der Waals surface area contributed by atoms with Gasteiger partial charge in [0.1, 0.15) is 6.07 Å². The van der Waals surface area contributed by atoms with Crippen LogP contribution in [0.15, 0.2) is 0 Å². The third-order valence-electron chi connectivity index (χ3n) is 1.17. The molecule has 0 atom stereocenters. The zero-order valence-electron chi connectivity index (χ0n) is 6.98. The maximum absolute atomic E-state index is 12.4. The Hall–Kier alpha value is -1.06. The van der Waals surface area contributed by atoms with E-state index in [1.54, 1.807) is 0 Å². The third kappa shape index (κ3) is 2.46. The maximum atomic E-state index is 12.4. The Bertz CT molecular complexity index is 379. The predicted octanol–water partition coefficient (Wildman–Crippen LogP) is -0.876. The van der Waals surface area contributed by atoms with E-state index in [0.29, 0.717) is 0 Å². The number of aromatic nitrogens is 2. The molecule has 0 aliphatic heterocycles. The SMILES string of the molecule is [C-]#[N+]c1[nH]c(C(F)(F)Cl)nc1C#N.[Li+]. The van der Waals surface area contributed by atoms with Crippen molar-refractivity contribution in [3.05, 3.63) is 22.9 Å². The van der Waals surface area contributed by atoms with Gasteiger partial charge in [-0.2, -0.15) is 14.0 Å². The molecule has 66 valence electrons. The van der Waals surface area contributed by atoms with Gasteiger partial charge in [0.05, 0.1) is 0 Å². The number of alkyl halides is 3. The van der Waals surface area contributed by atoms with E-state index >= 15 is 0 Å². The predicted molar refractivity (Wildman–Crippen MR) is 39.3 cm³/mol. The summed E-state index contributed by atoms with van der Waals surface area (Å²) in [5, 5.41) is 4.68. The van der Waals surface area contributed by atoms with Gasteiger partial charge >= 0.3 is 24.2 Å². The molecule has 0 aliphatic rings. The number of aromatic amines is 1. The normalized spacial score (nSPS) is 9.79. The Morgan fingerprint density at radius 2 is 2.21 bits per heavy atom. The summed E-state index contributed by atoms with van der Waals surface area (Å²) in [6.45, 7) is 6.52. The number of hydrogen-bond donors (Lipinski definition) is 1. The number of nitrogens with zero attached hydrogens (tertiary/aromatic N) is 3. The summed E-state index contributed by atoms with van der Waals surface area (Å²) in [5.74, 6) is -1.23. The molecule has 0 saturated heterocycles. The molecule has 0 aromatic carbocycles. The van der Waals surface area contributed by atoms with E-state index < -0.39 is 11.2 Å². The van der Waals surface area contributed by atoms with Gasteiger partial charge < -0.3 is 4.85 Å². The van der Waals surface area contributed by atoms with E-state index in [9.17, 15) is 8.78 Å². The fourth-order valence-corrected chi connectivity index (χ4v) is 0.747. The molecule has 8 heteroatoms. The molecule has 1 aromatic heterocycles. The fraction of sp³-hybridized carbons (Fsp3) is 0.167. The summed E-state index contributed by atoms with van der Waals surface area (Å²) < 4.78 is 24.8. The van der Waals surface area contributed by atoms with Crippen molar-refractivity contribution in [2.75, 3.05) is 0 Å². The smallest absolute Gasteiger partial charge is 0.361 e. The second-order valence-electron chi connectivity index (χ2n) is 2.00. The molecule has 0 aliphatic carbocycles. The molecule has 1 rings (SSSR count). The topological polar surface area (TPSA) is 56.8 Å². The maximum Gasteiger partial charge on any atom is 1.00 e. The van der Waals surface area contributed by atoms with Crippen LogP contribution in [0.5, 0.6) is 0 Å². The summed E-state index contributed by atoms with van der Waals surface area (Å²) in [4.78, 5) is 7.90. The van der Waals surface area contributed by atoms with Crippen molar-refractivity contribution < 1.29 is 27.6 Å². The van der Waals surface area contributed by atoms with Gasteiger partial charge in [-0.15, -0.1) is 0 Å². The minimum Gasteiger partial charge on any atom is -0.361 e. The van der Waals surface area contributed by atoms with Crippen LogP contribution in [-0.2, 0) is 5.38 Å². The second-order valence-corrected chi connectivity index (χ2v) is 2.48. The molecule has 0 amide bonds. The molecule has 1 N–H and O–H groups in total. The van der Waals surface area contributed by atoms with Crippen molar-refractivity contribution >= 4 is 17.4 Å². The molecule has 0 fully saturated rings. The van der Waals surface area contributed by atoms with Crippen LogP contribution >= 0.6 is 11.6 Å². The summed E-state index contributed by atoms with van der Waals surface area (Å²) in [7, 11) is 0. The molecule has 14 heavy (non-hydrogen) atoms. The molecule has 4 nitrogen and oxygen atoms in total. The van der Waals surface area contributed by atoms with Gasteiger partial charge in [-0.05, 0) is 11.6 Å². The van der Waals surface area contributed by atoms with Crippen molar-refractivity contribution in [2.24, 2.45) is 0 Å².